The number of benzene rings is 2. The summed E-state index contributed by atoms with van der Waals surface area (Å²) in [6.07, 6.45) is 0. The van der Waals surface area contributed by atoms with Crippen molar-refractivity contribution in [1.29, 1.82) is 0 Å². The Kier molecular flexibility index (Phi) is 4.79. The lowest BCUT2D eigenvalue weighted by atomic mass is 10.2. The number of rotatable bonds is 4. The van der Waals surface area contributed by atoms with E-state index in [9.17, 15) is 0 Å². The maximum Gasteiger partial charge on any atom is 0.0823 e. The average molecular weight is 324 g/mol. The SMILES string of the molecule is C[Si](C)(C)c1ccc(CNc2cccc(Cl)c2Cl)cc1. The first kappa shape index (κ1) is 15.4. The van der Waals surface area contributed by atoms with Crippen molar-refractivity contribution in [3.05, 3.63) is 58.1 Å². The van der Waals surface area contributed by atoms with Crippen LogP contribution in [0.15, 0.2) is 42.5 Å². The summed E-state index contributed by atoms with van der Waals surface area (Å²) in [5.74, 6) is 0. The van der Waals surface area contributed by atoms with Crippen molar-refractivity contribution < 1.29 is 0 Å². The molecule has 0 heterocycles. The van der Waals surface area contributed by atoms with Crippen LogP contribution >= 0.6 is 23.2 Å². The van der Waals surface area contributed by atoms with Gasteiger partial charge in [-0.2, -0.15) is 0 Å². The summed E-state index contributed by atoms with van der Waals surface area (Å²) < 4.78 is 0. The molecule has 0 aliphatic heterocycles. The lowest BCUT2D eigenvalue weighted by Crippen LogP contribution is -2.37. The van der Waals surface area contributed by atoms with Gasteiger partial charge >= 0.3 is 0 Å². The highest BCUT2D eigenvalue weighted by Gasteiger charge is 2.15. The van der Waals surface area contributed by atoms with Gasteiger partial charge in [0.05, 0.1) is 23.8 Å². The van der Waals surface area contributed by atoms with Gasteiger partial charge < -0.3 is 5.32 Å². The molecule has 2 aromatic rings. The quantitative estimate of drug-likeness (QED) is 0.767. The van der Waals surface area contributed by atoms with Gasteiger partial charge in [-0.05, 0) is 17.7 Å². The van der Waals surface area contributed by atoms with Gasteiger partial charge in [-0.3, -0.25) is 0 Å². The molecule has 0 fully saturated rings. The molecule has 20 heavy (non-hydrogen) atoms. The first-order chi connectivity index (χ1) is 9.38. The second kappa shape index (κ2) is 6.21. The van der Waals surface area contributed by atoms with Gasteiger partial charge in [0.15, 0.2) is 0 Å². The predicted octanol–water partition coefficient (Wildman–Crippen LogP) is 5.15. The smallest absolute Gasteiger partial charge is 0.0823 e. The molecule has 2 aromatic carbocycles. The van der Waals surface area contributed by atoms with E-state index in [1.54, 1.807) is 6.07 Å². The Balaban J connectivity index is 2.06. The van der Waals surface area contributed by atoms with Crippen LogP contribution in [0, 0.1) is 0 Å². The zero-order chi connectivity index (χ0) is 14.8. The molecule has 1 N–H and O–H groups in total. The molecule has 0 aromatic heterocycles. The third-order valence-corrected chi connectivity index (χ3v) is 6.14. The largest absolute Gasteiger partial charge is 0.380 e. The van der Waals surface area contributed by atoms with Crippen LogP contribution in [0.2, 0.25) is 29.7 Å². The van der Waals surface area contributed by atoms with Gasteiger partial charge in [0.1, 0.15) is 0 Å². The van der Waals surface area contributed by atoms with E-state index in [4.69, 9.17) is 23.2 Å². The molecule has 0 saturated carbocycles. The van der Waals surface area contributed by atoms with Crippen LogP contribution in [0.4, 0.5) is 5.69 Å². The molecular formula is C16H19Cl2NSi. The summed E-state index contributed by atoms with van der Waals surface area (Å²) in [5.41, 5.74) is 2.11. The van der Waals surface area contributed by atoms with E-state index < -0.39 is 8.07 Å². The first-order valence-electron chi connectivity index (χ1n) is 6.65. The van der Waals surface area contributed by atoms with Crippen LogP contribution in [-0.4, -0.2) is 8.07 Å². The Morgan fingerprint density at radius 1 is 0.950 bits per heavy atom. The zero-order valence-corrected chi connectivity index (χ0v) is 14.5. The normalized spacial score (nSPS) is 11.4. The van der Waals surface area contributed by atoms with E-state index in [0.717, 1.165) is 12.2 Å². The molecule has 1 nitrogen and oxygen atoms in total. The lowest BCUT2D eigenvalue weighted by molar-refractivity contribution is 1.15. The van der Waals surface area contributed by atoms with Crippen LogP contribution in [0.5, 0.6) is 0 Å². The highest BCUT2D eigenvalue weighted by Crippen LogP contribution is 2.29. The van der Waals surface area contributed by atoms with Crippen molar-refractivity contribution in [3.63, 3.8) is 0 Å². The van der Waals surface area contributed by atoms with Gasteiger partial charge in [0.25, 0.3) is 0 Å². The maximum absolute atomic E-state index is 6.16. The fraction of sp³-hybridized carbons (Fsp3) is 0.250. The van der Waals surface area contributed by atoms with Crippen LogP contribution in [0.1, 0.15) is 5.56 Å². The summed E-state index contributed by atoms with van der Waals surface area (Å²) in [5, 5.41) is 5.95. The first-order valence-corrected chi connectivity index (χ1v) is 10.9. The molecule has 106 valence electrons. The second-order valence-electron chi connectivity index (χ2n) is 5.90. The Bertz CT molecular complexity index is 588. The van der Waals surface area contributed by atoms with Crippen molar-refractivity contribution in [3.8, 4) is 0 Å². The van der Waals surface area contributed by atoms with Crippen molar-refractivity contribution in [2.24, 2.45) is 0 Å². The van der Waals surface area contributed by atoms with Gasteiger partial charge in [-0.25, -0.2) is 0 Å². The molecule has 0 bridgehead atoms. The third-order valence-electron chi connectivity index (χ3n) is 3.25. The Hall–Kier alpha value is -0.963. The summed E-state index contributed by atoms with van der Waals surface area (Å²) in [6, 6.07) is 14.5. The van der Waals surface area contributed by atoms with Gasteiger partial charge in [-0.1, -0.05) is 78.4 Å². The maximum atomic E-state index is 6.16. The molecule has 0 aliphatic carbocycles. The molecule has 4 heteroatoms. The van der Waals surface area contributed by atoms with E-state index in [0.29, 0.717) is 10.0 Å². The molecule has 0 spiro atoms. The lowest BCUT2D eigenvalue weighted by Gasteiger charge is -2.17. The van der Waals surface area contributed by atoms with E-state index in [1.807, 2.05) is 12.1 Å². The van der Waals surface area contributed by atoms with Crippen molar-refractivity contribution >= 4 is 42.1 Å². The molecule has 0 aliphatic rings. The van der Waals surface area contributed by atoms with Crippen molar-refractivity contribution in [2.45, 2.75) is 26.2 Å². The number of nitrogens with one attached hydrogen (secondary N) is 1. The molecule has 0 unspecified atom stereocenters. The van der Waals surface area contributed by atoms with E-state index in [-0.39, 0.29) is 0 Å². The zero-order valence-electron chi connectivity index (χ0n) is 12.0. The van der Waals surface area contributed by atoms with Crippen molar-refractivity contribution in [2.75, 3.05) is 5.32 Å². The summed E-state index contributed by atoms with van der Waals surface area (Å²) in [6.45, 7) is 7.80. The number of halogens is 2. The number of hydrogen-bond donors (Lipinski definition) is 1. The predicted molar refractivity (Wildman–Crippen MR) is 93.2 cm³/mol. The Morgan fingerprint density at radius 2 is 1.60 bits per heavy atom. The molecule has 2 rings (SSSR count). The fourth-order valence-electron chi connectivity index (χ4n) is 1.96. The van der Waals surface area contributed by atoms with E-state index in [1.165, 1.54) is 10.8 Å². The molecule has 0 atom stereocenters. The minimum Gasteiger partial charge on any atom is -0.380 e. The van der Waals surface area contributed by atoms with Gasteiger partial charge in [-0.15, -0.1) is 0 Å². The topological polar surface area (TPSA) is 12.0 Å². The van der Waals surface area contributed by atoms with E-state index >= 15 is 0 Å². The second-order valence-corrected chi connectivity index (χ2v) is 11.8. The van der Waals surface area contributed by atoms with Crippen LogP contribution < -0.4 is 10.5 Å². The highest BCUT2D eigenvalue weighted by molar-refractivity contribution is 6.88. The summed E-state index contributed by atoms with van der Waals surface area (Å²) in [7, 11) is -1.22. The standard InChI is InChI=1S/C16H19Cl2NSi/c1-20(2,3)13-9-7-12(8-10-13)11-19-15-6-4-5-14(17)16(15)18/h4-10,19H,11H2,1-3H3. The minimum atomic E-state index is -1.22. The minimum absolute atomic E-state index is 0.575. The van der Waals surface area contributed by atoms with Crippen LogP contribution in [0.25, 0.3) is 0 Å². The van der Waals surface area contributed by atoms with Crippen molar-refractivity contribution in [1.82, 2.24) is 0 Å². The molecule has 0 saturated heterocycles. The number of anilines is 1. The molecule has 0 radical (unpaired) electrons. The van der Waals surface area contributed by atoms with Gasteiger partial charge in [0.2, 0.25) is 0 Å². The summed E-state index contributed by atoms with van der Waals surface area (Å²) >= 11 is 12.2. The average Bonchev–Trinajstić information content (AvgIpc) is 2.40. The Labute approximate surface area is 131 Å². The third kappa shape index (κ3) is 3.78. The number of hydrogen-bond acceptors (Lipinski definition) is 1. The summed E-state index contributed by atoms with van der Waals surface area (Å²) in [4.78, 5) is 0. The highest BCUT2D eigenvalue weighted by atomic mass is 35.5. The van der Waals surface area contributed by atoms with Crippen LogP contribution in [-0.2, 0) is 6.54 Å². The molecule has 0 amide bonds. The van der Waals surface area contributed by atoms with E-state index in [2.05, 4.69) is 49.2 Å². The Morgan fingerprint density at radius 3 is 2.20 bits per heavy atom. The van der Waals surface area contributed by atoms with Crippen LogP contribution in [0.3, 0.4) is 0 Å². The monoisotopic (exact) mass is 323 g/mol. The fourth-order valence-corrected chi connectivity index (χ4v) is 3.49. The van der Waals surface area contributed by atoms with Gasteiger partial charge in [0, 0.05) is 6.54 Å². The molecular weight excluding hydrogens is 305 g/mol.